The van der Waals surface area contributed by atoms with Gasteiger partial charge in [-0.15, -0.1) is 32.9 Å². The summed E-state index contributed by atoms with van der Waals surface area (Å²) in [5.41, 5.74) is 6.83. The van der Waals surface area contributed by atoms with Crippen molar-refractivity contribution in [2.75, 3.05) is 44.9 Å². The maximum atomic E-state index is 14.1. The Morgan fingerprint density at radius 2 is 1.61 bits per heavy atom. The van der Waals surface area contributed by atoms with Gasteiger partial charge in [-0.05, 0) is 104 Å². The van der Waals surface area contributed by atoms with E-state index in [0.717, 1.165) is 43.4 Å². The number of hydrogen-bond donors (Lipinski definition) is 4. The fourth-order valence-corrected chi connectivity index (χ4v) is 11.5. The fourth-order valence-electron chi connectivity index (χ4n) is 9.24. The number of carbonyl (C=O) groups is 4. The van der Waals surface area contributed by atoms with Crippen molar-refractivity contribution < 1.29 is 38.5 Å². The highest BCUT2D eigenvalue weighted by Gasteiger charge is 2.45. The third kappa shape index (κ3) is 13.2. The number of aliphatic imine (C=N–C) groups is 1. The van der Waals surface area contributed by atoms with Crippen LogP contribution >= 0.6 is 34.3 Å². The van der Waals surface area contributed by atoms with Crippen LogP contribution in [0.15, 0.2) is 89.2 Å². The number of aliphatic hydroxyl groups is 1. The summed E-state index contributed by atoms with van der Waals surface area (Å²) in [6, 6.07) is 22.0. The summed E-state index contributed by atoms with van der Waals surface area (Å²) >= 11 is 9.60. The molecule has 5 atom stereocenters. The molecule has 8 rings (SSSR count). The van der Waals surface area contributed by atoms with Crippen LogP contribution in [-0.2, 0) is 28.7 Å². The zero-order valence-corrected chi connectivity index (χ0v) is 46.0. The monoisotopic (exact) mass is 1080 g/mol. The molecule has 5 heterocycles. The van der Waals surface area contributed by atoms with Gasteiger partial charge in [-0.3, -0.25) is 28.7 Å². The van der Waals surface area contributed by atoms with Crippen molar-refractivity contribution in [2.24, 2.45) is 10.4 Å². The van der Waals surface area contributed by atoms with Gasteiger partial charge in [-0.1, -0.05) is 74.8 Å². The van der Waals surface area contributed by atoms with Crippen LogP contribution in [0.1, 0.15) is 103 Å². The first-order valence-corrected chi connectivity index (χ1v) is 27.2. The number of nitrogens with zero attached hydrogens (tertiary/aromatic N) is 5. The Balaban J connectivity index is 0.758. The maximum absolute atomic E-state index is 14.1. The highest BCUT2D eigenvalue weighted by molar-refractivity contribution is 7.15. The van der Waals surface area contributed by atoms with E-state index in [1.807, 2.05) is 87.7 Å². The van der Waals surface area contributed by atoms with E-state index in [-0.39, 0.29) is 57.1 Å². The molecular weight excluding hydrogens is 1010 g/mol. The minimum atomic E-state index is -0.978. The molecule has 1 fully saturated rings. The number of aliphatic hydroxyl groups excluding tert-OH is 1. The molecule has 1 unspecified atom stereocenters. The first-order chi connectivity index (χ1) is 35.9. The summed E-state index contributed by atoms with van der Waals surface area (Å²) in [4.78, 5) is 63.6. The average molecular weight is 1080 g/mol. The normalized spacial score (nSPS) is 17.1. The van der Waals surface area contributed by atoms with E-state index in [9.17, 15) is 24.3 Å². The Bertz CT molecular complexity index is 3040. The minimum Gasteiger partial charge on any atom is -0.491 e. The number of nitrogens with one attached hydrogen (secondary N) is 3. The van der Waals surface area contributed by atoms with Crippen LogP contribution in [-0.4, -0.2) is 112 Å². The van der Waals surface area contributed by atoms with E-state index >= 15 is 0 Å². The summed E-state index contributed by atoms with van der Waals surface area (Å²) in [7, 11) is 0. The molecule has 1 saturated heterocycles. The van der Waals surface area contributed by atoms with Gasteiger partial charge in [0.15, 0.2) is 5.82 Å². The predicted molar refractivity (Wildman–Crippen MR) is 293 cm³/mol. The van der Waals surface area contributed by atoms with Gasteiger partial charge in [-0.2, -0.15) is 0 Å². The van der Waals surface area contributed by atoms with E-state index in [0.29, 0.717) is 47.7 Å². The van der Waals surface area contributed by atoms with Crippen LogP contribution in [0, 0.1) is 33.1 Å². The van der Waals surface area contributed by atoms with Gasteiger partial charge >= 0.3 is 0 Å². The third-order valence-corrected chi connectivity index (χ3v) is 15.8. The summed E-state index contributed by atoms with van der Waals surface area (Å²) in [6.07, 6.45) is -0.270. The number of fused-ring (bicyclic) bond motifs is 3. The Hall–Kier alpha value is -6.28. The molecule has 0 radical (unpaired) electrons. The lowest BCUT2D eigenvalue weighted by Gasteiger charge is -2.35. The Labute approximate surface area is 450 Å². The van der Waals surface area contributed by atoms with Gasteiger partial charge in [0, 0.05) is 63.8 Å². The number of β-amino-alcohol motifs (C(OH)–C–C–N with tert-alkyl or cyclic N) is 1. The summed E-state index contributed by atoms with van der Waals surface area (Å²) in [6.45, 7) is 16.4. The Morgan fingerprint density at radius 1 is 0.880 bits per heavy atom. The quantitative estimate of drug-likeness (QED) is 0.0535. The second-order valence-electron chi connectivity index (χ2n) is 20.1. The summed E-state index contributed by atoms with van der Waals surface area (Å²) in [5, 5.41) is 32.1. The zero-order valence-electron chi connectivity index (χ0n) is 43.6. The van der Waals surface area contributed by atoms with Crippen molar-refractivity contribution in [3.63, 3.8) is 0 Å². The molecule has 4 amide bonds. The number of carbonyl (C=O) groups excluding carboxylic acids is 4. The van der Waals surface area contributed by atoms with Crippen molar-refractivity contribution in [2.45, 2.75) is 105 Å². The molecule has 3 aromatic heterocycles. The molecule has 396 valence electrons. The number of aryl methyl sites for hydroxylation is 3. The standard InChI is InChI=1S/C56H65ClN8O8S2/c1-32-21-26-74-50(32)39-15-13-37(14-16-39)34(3)58-53(69)45-28-42(66)30-64(45)54(70)51(56(6,7)8)61-47(68)31-72-23-10-22-71-24-25-73-43-12-9-11-41(27-43)59-46(67)29-44-52-63-62-36(5)65(52)55-48(33(2)35(4)75-55)49(60-44)38-17-19-40(57)20-18-38/h9,11-21,26-27,34,42,44-45,51,66H,10,22-25,28-31H2,1-8H3,(H,58,69)(H,59,67)(H,61,68)/t34-,42+,44?,45-,51+/m0/s1. The number of thiophene rings is 2. The Kier molecular flexibility index (Phi) is 17.7. The molecule has 2 aliphatic rings. The smallest absolute Gasteiger partial charge is 0.246 e. The highest BCUT2D eigenvalue weighted by atomic mass is 35.5. The minimum absolute atomic E-state index is 0.0204. The van der Waals surface area contributed by atoms with E-state index < -0.39 is 41.5 Å². The van der Waals surface area contributed by atoms with E-state index in [4.69, 9.17) is 30.8 Å². The van der Waals surface area contributed by atoms with Crippen LogP contribution in [0.2, 0.25) is 5.02 Å². The van der Waals surface area contributed by atoms with Crippen LogP contribution in [0.4, 0.5) is 5.69 Å². The number of rotatable bonds is 20. The number of aromatic nitrogens is 3. The topological polar surface area (TPSA) is 199 Å². The van der Waals surface area contributed by atoms with Crippen molar-refractivity contribution in [3.05, 3.63) is 134 Å². The summed E-state index contributed by atoms with van der Waals surface area (Å²) < 4.78 is 19.4. The molecule has 3 aromatic carbocycles. The number of amides is 4. The molecule has 0 saturated carbocycles. The third-order valence-electron chi connectivity index (χ3n) is 13.3. The van der Waals surface area contributed by atoms with Crippen molar-refractivity contribution >= 4 is 69.3 Å². The molecule has 0 aliphatic carbocycles. The second kappa shape index (κ2) is 24.2. The predicted octanol–water partition coefficient (Wildman–Crippen LogP) is 9.04. The van der Waals surface area contributed by atoms with Crippen molar-refractivity contribution in [1.82, 2.24) is 30.3 Å². The van der Waals surface area contributed by atoms with E-state index in [1.165, 1.54) is 15.3 Å². The van der Waals surface area contributed by atoms with Gasteiger partial charge in [0.1, 0.15) is 47.9 Å². The molecule has 16 nitrogen and oxygen atoms in total. The number of halogens is 1. The SMILES string of the molecule is Cc1ccsc1-c1ccc([C@H](C)NC(=O)[C@@H]2C[C@@H](O)CN2C(=O)[C@@H](NC(=O)COCCCOCCOc2cccc(NC(=O)CC3N=C(c4ccc(Cl)cc4)c4c(sc(C)c4C)-n4c(C)nnc43)c2)C(C)(C)C)cc1. The van der Waals surface area contributed by atoms with Crippen molar-refractivity contribution in [3.8, 4) is 21.2 Å². The number of likely N-dealkylation sites (tertiary alicyclic amines) is 1. The van der Waals surface area contributed by atoms with Crippen LogP contribution in [0.3, 0.4) is 0 Å². The first-order valence-electron chi connectivity index (χ1n) is 25.1. The maximum Gasteiger partial charge on any atom is 0.246 e. The molecule has 0 bridgehead atoms. The van der Waals surface area contributed by atoms with Crippen LogP contribution in [0.5, 0.6) is 5.75 Å². The lowest BCUT2D eigenvalue weighted by molar-refractivity contribution is -0.144. The number of ether oxygens (including phenoxy) is 3. The zero-order chi connectivity index (χ0) is 53.6. The molecule has 4 N–H and O–H groups in total. The molecule has 19 heteroatoms. The van der Waals surface area contributed by atoms with Gasteiger partial charge in [0.2, 0.25) is 23.6 Å². The highest BCUT2D eigenvalue weighted by Crippen LogP contribution is 2.40. The first kappa shape index (κ1) is 55.0. The van der Waals surface area contributed by atoms with E-state index in [1.54, 1.807) is 46.9 Å². The average Bonchev–Trinajstić information content (AvgIpc) is 4.16. The fraction of sp³-hybridized carbons (Fsp3) is 0.411. The molecular formula is C56H65ClN8O8S2. The Morgan fingerprint density at radius 3 is 2.33 bits per heavy atom. The van der Waals surface area contributed by atoms with Gasteiger partial charge in [0.25, 0.3) is 0 Å². The lowest BCUT2D eigenvalue weighted by atomic mass is 9.85. The summed E-state index contributed by atoms with van der Waals surface area (Å²) in [5.74, 6) is 0.309. The molecule has 6 aromatic rings. The van der Waals surface area contributed by atoms with Crippen molar-refractivity contribution in [1.29, 1.82) is 0 Å². The second-order valence-corrected chi connectivity index (χ2v) is 22.7. The van der Waals surface area contributed by atoms with Crippen LogP contribution < -0.4 is 20.7 Å². The number of anilines is 1. The van der Waals surface area contributed by atoms with Gasteiger partial charge in [-0.25, -0.2) is 0 Å². The largest absolute Gasteiger partial charge is 0.491 e. The van der Waals surface area contributed by atoms with Crippen LogP contribution in [0.25, 0.3) is 15.4 Å². The number of hydrogen-bond acceptors (Lipinski definition) is 13. The molecule has 75 heavy (non-hydrogen) atoms. The molecule has 2 aliphatic heterocycles. The number of benzene rings is 3. The lowest BCUT2D eigenvalue weighted by Crippen LogP contribution is -2.58. The molecule has 0 spiro atoms. The van der Waals surface area contributed by atoms with Gasteiger partial charge < -0.3 is 40.2 Å². The van der Waals surface area contributed by atoms with E-state index in [2.05, 4.69) is 58.4 Å². The van der Waals surface area contributed by atoms with Gasteiger partial charge in [0.05, 0.1) is 30.9 Å².